The summed E-state index contributed by atoms with van der Waals surface area (Å²) in [6.45, 7) is 0. The number of nitrogens with zero attached hydrogens (tertiary/aromatic N) is 1. The van der Waals surface area contributed by atoms with Crippen LogP contribution in [0.2, 0.25) is 0 Å². The van der Waals surface area contributed by atoms with Crippen molar-refractivity contribution in [1.29, 1.82) is 0 Å². The molecule has 5 nitrogen and oxygen atoms in total. The summed E-state index contributed by atoms with van der Waals surface area (Å²) in [6, 6.07) is 3.25. The molecule has 1 aromatic rings. The zero-order valence-corrected chi connectivity index (χ0v) is 11.7. The van der Waals surface area contributed by atoms with Gasteiger partial charge in [-0.2, -0.15) is 0 Å². The van der Waals surface area contributed by atoms with Crippen LogP contribution in [0, 0.1) is 5.82 Å². The molecule has 1 atom stereocenters. The van der Waals surface area contributed by atoms with Gasteiger partial charge in [0.25, 0.3) is 0 Å². The molecule has 1 unspecified atom stereocenters. The summed E-state index contributed by atoms with van der Waals surface area (Å²) in [7, 11) is -0.265. The first kappa shape index (κ1) is 14.6. The van der Waals surface area contributed by atoms with Gasteiger partial charge in [-0.3, -0.25) is 9.00 Å². The van der Waals surface area contributed by atoms with E-state index < -0.39 is 22.6 Å². The van der Waals surface area contributed by atoms with Crippen molar-refractivity contribution < 1.29 is 23.3 Å². The van der Waals surface area contributed by atoms with E-state index in [1.807, 2.05) is 0 Å². The number of aromatic carboxylic acids is 1. The highest BCUT2D eigenvalue weighted by molar-refractivity contribution is 7.85. The second-order valence-corrected chi connectivity index (χ2v) is 6.10. The number of carboxylic acid groups (broad SMARTS) is 1. The van der Waals surface area contributed by atoms with Crippen LogP contribution in [-0.2, 0) is 15.6 Å². The van der Waals surface area contributed by atoms with Crippen molar-refractivity contribution in [3.05, 3.63) is 29.6 Å². The van der Waals surface area contributed by atoms with Gasteiger partial charge in [-0.15, -0.1) is 0 Å². The van der Waals surface area contributed by atoms with E-state index in [4.69, 9.17) is 5.11 Å². The molecular weight excluding hydrogens is 285 g/mol. The lowest BCUT2D eigenvalue weighted by Crippen LogP contribution is -2.32. The molecule has 2 rings (SSSR count). The molecule has 1 N–H and O–H groups in total. The first-order valence-corrected chi connectivity index (χ1v) is 7.39. The number of rotatable bonds is 5. The fourth-order valence-electron chi connectivity index (χ4n) is 1.77. The first-order chi connectivity index (χ1) is 9.40. The van der Waals surface area contributed by atoms with Gasteiger partial charge in [0.2, 0.25) is 5.91 Å². The predicted molar refractivity (Wildman–Crippen MR) is 70.4 cm³/mol. The molecule has 1 aliphatic rings. The fraction of sp³-hybridized carbons (Fsp3) is 0.385. The highest BCUT2D eigenvalue weighted by Crippen LogP contribution is 2.25. The zero-order valence-electron chi connectivity index (χ0n) is 10.8. The Morgan fingerprint density at radius 3 is 2.65 bits per heavy atom. The van der Waals surface area contributed by atoms with Gasteiger partial charge in [0.15, 0.2) is 0 Å². The molecular formula is C13H14FNO4S. The molecule has 1 aliphatic carbocycles. The summed E-state index contributed by atoms with van der Waals surface area (Å²) in [4.78, 5) is 23.9. The minimum atomic E-state index is -1.89. The summed E-state index contributed by atoms with van der Waals surface area (Å²) in [5, 5.41) is 8.84. The van der Waals surface area contributed by atoms with Crippen molar-refractivity contribution in [2.24, 2.45) is 0 Å². The molecule has 1 fully saturated rings. The number of hydrogen-bond acceptors (Lipinski definition) is 3. The third-order valence-electron chi connectivity index (χ3n) is 3.17. The molecule has 1 amide bonds. The number of carbonyl (C=O) groups excluding carboxylic acids is 1. The number of hydrogen-bond donors (Lipinski definition) is 1. The number of carbonyl (C=O) groups is 2. The Bertz CT molecular complexity index is 586. The number of carboxylic acids is 1. The van der Waals surface area contributed by atoms with E-state index in [0.29, 0.717) is 0 Å². The van der Waals surface area contributed by atoms with Gasteiger partial charge in [-0.25, -0.2) is 9.18 Å². The molecule has 108 valence electrons. The van der Waals surface area contributed by atoms with E-state index in [2.05, 4.69) is 0 Å². The Morgan fingerprint density at radius 1 is 1.45 bits per heavy atom. The Balaban J connectivity index is 2.13. The third-order valence-corrected chi connectivity index (χ3v) is 4.48. The maximum atomic E-state index is 13.6. The van der Waals surface area contributed by atoms with E-state index in [1.165, 1.54) is 4.90 Å². The predicted octanol–water partition coefficient (Wildman–Crippen LogP) is 1.25. The van der Waals surface area contributed by atoms with E-state index in [9.17, 15) is 18.2 Å². The standard InChI is InChI=1S/C13H14FNO4S/c1-15(9-3-4-9)12(16)7-20(19)11-6-8(13(17)18)2-5-10(11)14/h2,5-6,9H,3-4,7H2,1H3,(H,17,18). The lowest BCUT2D eigenvalue weighted by molar-refractivity contribution is -0.127. The van der Waals surface area contributed by atoms with Gasteiger partial charge in [-0.1, -0.05) is 0 Å². The van der Waals surface area contributed by atoms with Gasteiger partial charge in [0.05, 0.1) is 21.3 Å². The summed E-state index contributed by atoms with van der Waals surface area (Å²) in [5.74, 6) is -2.67. The van der Waals surface area contributed by atoms with Crippen molar-refractivity contribution >= 4 is 22.7 Å². The van der Waals surface area contributed by atoms with Gasteiger partial charge in [0, 0.05) is 13.1 Å². The Kier molecular flexibility index (Phi) is 4.17. The van der Waals surface area contributed by atoms with E-state index in [-0.39, 0.29) is 28.2 Å². The summed E-state index contributed by atoms with van der Waals surface area (Å²) < 4.78 is 25.6. The van der Waals surface area contributed by atoms with Crippen molar-refractivity contribution in [3.8, 4) is 0 Å². The molecule has 7 heteroatoms. The fourth-order valence-corrected chi connectivity index (χ4v) is 2.90. The minimum absolute atomic E-state index is 0.155. The van der Waals surface area contributed by atoms with E-state index in [1.54, 1.807) is 7.05 Å². The first-order valence-electron chi connectivity index (χ1n) is 6.07. The molecule has 1 saturated carbocycles. The molecule has 20 heavy (non-hydrogen) atoms. The molecule has 1 aromatic carbocycles. The Hall–Kier alpha value is -1.76. The number of amides is 1. The third kappa shape index (κ3) is 3.22. The molecule has 0 radical (unpaired) electrons. The average molecular weight is 299 g/mol. The quantitative estimate of drug-likeness (QED) is 0.888. The number of halogens is 1. The van der Waals surface area contributed by atoms with Gasteiger partial charge < -0.3 is 10.0 Å². The van der Waals surface area contributed by atoms with Crippen molar-refractivity contribution in [2.45, 2.75) is 23.8 Å². The highest BCUT2D eigenvalue weighted by Gasteiger charge is 2.30. The van der Waals surface area contributed by atoms with Gasteiger partial charge in [0.1, 0.15) is 11.6 Å². The molecule has 0 aliphatic heterocycles. The van der Waals surface area contributed by atoms with Crippen LogP contribution in [0.4, 0.5) is 4.39 Å². The molecule has 0 bridgehead atoms. The van der Waals surface area contributed by atoms with Crippen LogP contribution in [0.3, 0.4) is 0 Å². The van der Waals surface area contributed by atoms with E-state index >= 15 is 0 Å². The lowest BCUT2D eigenvalue weighted by Gasteiger charge is -2.15. The minimum Gasteiger partial charge on any atom is -0.478 e. The zero-order chi connectivity index (χ0) is 14.9. The highest BCUT2D eigenvalue weighted by atomic mass is 32.2. The van der Waals surface area contributed by atoms with Crippen LogP contribution in [0.1, 0.15) is 23.2 Å². The van der Waals surface area contributed by atoms with Crippen molar-refractivity contribution in [1.82, 2.24) is 4.90 Å². The summed E-state index contributed by atoms with van der Waals surface area (Å²) >= 11 is 0. The molecule has 0 heterocycles. The topological polar surface area (TPSA) is 74.7 Å². The van der Waals surface area contributed by atoms with Crippen LogP contribution in [-0.4, -0.2) is 44.9 Å². The Labute approximate surface area is 117 Å². The van der Waals surface area contributed by atoms with Crippen LogP contribution >= 0.6 is 0 Å². The molecule has 0 saturated heterocycles. The van der Waals surface area contributed by atoms with Crippen LogP contribution in [0.5, 0.6) is 0 Å². The SMILES string of the molecule is CN(C(=O)CS(=O)c1cc(C(=O)O)ccc1F)C1CC1. The molecule has 0 aromatic heterocycles. The van der Waals surface area contributed by atoms with Gasteiger partial charge in [-0.05, 0) is 31.0 Å². The largest absolute Gasteiger partial charge is 0.478 e. The summed E-state index contributed by atoms with van der Waals surface area (Å²) in [5.41, 5.74) is -0.155. The van der Waals surface area contributed by atoms with E-state index in [0.717, 1.165) is 31.0 Å². The van der Waals surface area contributed by atoms with Crippen molar-refractivity contribution in [3.63, 3.8) is 0 Å². The monoisotopic (exact) mass is 299 g/mol. The molecule has 0 spiro atoms. The normalized spacial score (nSPS) is 15.7. The van der Waals surface area contributed by atoms with Crippen LogP contribution in [0.15, 0.2) is 23.1 Å². The summed E-state index contributed by atoms with van der Waals surface area (Å²) in [6.07, 6.45) is 1.86. The smallest absolute Gasteiger partial charge is 0.335 e. The van der Waals surface area contributed by atoms with Gasteiger partial charge >= 0.3 is 5.97 Å². The van der Waals surface area contributed by atoms with Crippen molar-refractivity contribution in [2.75, 3.05) is 12.8 Å². The maximum absolute atomic E-state index is 13.6. The number of benzene rings is 1. The maximum Gasteiger partial charge on any atom is 0.335 e. The average Bonchev–Trinajstić information content (AvgIpc) is 3.22. The second-order valence-electron chi connectivity index (χ2n) is 4.68. The van der Waals surface area contributed by atoms with Crippen LogP contribution < -0.4 is 0 Å². The van der Waals surface area contributed by atoms with Crippen LogP contribution in [0.25, 0.3) is 0 Å². The Morgan fingerprint density at radius 2 is 2.10 bits per heavy atom. The second kappa shape index (κ2) is 5.70. The lowest BCUT2D eigenvalue weighted by atomic mass is 10.2.